The molecule has 1 heterocycles. The number of hydrogen-bond acceptors (Lipinski definition) is 3. The third kappa shape index (κ3) is 2.41. The monoisotopic (exact) mass is 429 g/mol. The summed E-state index contributed by atoms with van der Waals surface area (Å²) in [5.41, 5.74) is 8.39. The minimum atomic E-state index is 0.364. The van der Waals surface area contributed by atoms with Crippen LogP contribution < -0.4 is 10.5 Å². The van der Waals surface area contributed by atoms with Gasteiger partial charge in [-0.15, -0.1) is 0 Å². The van der Waals surface area contributed by atoms with Crippen LogP contribution in [0, 0.1) is 0 Å². The number of nitrogen functional groups attached to an aromatic ring is 1. The summed E-state index contributed by atoms with van der Waals surface area (Å²) < 4.78 is 8.84. The number of nitrogens with two attached hydrogens (primary N) is 1. The Morgan fingerprint density at radius 2 is 2.00 bits per heavy atom. The van der Waals surface area contributed by atoms with E-state index in [-0.39, 0.29) is 0 Å². The van der Waals surface area contributed by atoms with Crippen LogP contribution in [0.25, 0.3) is 16.7 Å². The lowest BCUT2D eigenvalue weighted by atomic mass is 10.2. The van der Waals surface area contributed by atoms with Crippen molar-refractivity contribution in [2.75, 3.05) is 12.8 Å². The number of fused-ring (bicyclic) bond motifs is 1. The van der Waals surface area contributed by atoms with Gasteiger partial charge in [-0.3, -0.25) is 4.57 Å². The molecule has 0 aliphatic heterocycles. The maximum absolute atomic E-state index is 6.31. The Morgan fingerprint density at radius 1 is 1.24 bits per heavy atom. The number of hydrogen-bond donors (Lipinski definition) is 1. The maximum atomic E-state index is 6.31. The van der Waals surface area contributed by atoms with Crippen LogP contribution in [0.15, 0.2) is 39.3 Å². The molecular formula is C14H10Br2ClN3O. The zero-order valence-electron chi connectivity index (χ0n) is 10.9. The lowest BCUT2D eigenvalue weighted by molar-refractivity contribution is 0.412. The molecule has 0 saturated heterocycles. The average molecular weight is 432 g/mol. The Hall–Kier alpha value is -1.24. The first-order valence-corrected chi connectivity index (χ1v) is 7.95. The van der Waals surface area contributed by atoms with Gasteiger partial charge >= 0.3 is 0 Å². The predicted octanol–water partition coefficient (Wildman–Crippen LogP) is 4.79. The van der Waals surface area contributed by atoms with E-state index in [1.165, 1.54) is 0 Å². The number of ether oxygens (including phenoxy) is 1. The van der Waals surface area contributed by atoms with E-state index in [0.29, 0.717) is 16.7 Å². The Balaban J connectivity index is 2.38. The Morgan fingerprint density at radius 3 is 2.71 bits per heavy atom. The molecule has 0 amide bonds. The lowest BCUT2D eigenvalue weighted by Gasteiger charge is -2.13. The quantitative estimate of drug-likeness (QED) is 0.635. The van der Waals surface area contributed by atoms with Crippen molar-refractivity contribution in [1.29, 1.82) is 0 Å². The van der Waals surface area contributed by atoms with Crippen LogP contribution in [0.1, 0.15) is 0 Å². The van der Waals surface area contributed by atoms with E-state index >= 15 is 0 Å². The molecule has 7 heteroatoms. The van der Waals surface area contributed by atoms with Gasteiger partial charge in [0.15, 0.2) is 0 Å². The summed E-state index contributed by atoms with van der Waals surface area (Å²) in [4.78, 5) is 4.35. The van der Waals surface area contributed by atoms with E-state index in [9.17, 15) is 0 Å². The third-order valence-corrected chi connectivity index (χ3v) is 4.68. The van der Waals surface area contributed by atoms with Crippen molar-refractivity contribution in [3.8, 4) is 11.4 Å². The highest BCUT2D eigenvalue weighted by Crippen LogP contribution is 2.37. The molecule has 0 aliphatic carbocycles. The molecule has 0 unspecified atom stereocenters. The van der Waals surface area contributed by atoms with E-state index in [1.807, 2.05) is 30.3 Å². The molecule has 2 N–H and O–H groups in total. The van der Waals surface area contributed by atoms with Crippen LogP contribution in [0.4, 0.5) is 5.95 Å². The normalized spacial score (nSPS) is 11.0. The summed E-state index contributed by atoms with van der Waals surface area (Å²) >= 11 is 13.3. The standard InChI is InChI=1S/C14H10Br2ClN3O/c1-21-12-6-11(7(15)5-8(12)16)20-13-9(17)3-2-4-10(13)19-14(20)18/h2-6H,1H3,(H2,18,19). The SMILES string of the molecule is COc1cc(-n2c(N)nc3cccc(Cl)c32)c(Br)cc1Br. The smallest absolute Gasteiger partial charge is 0.206 e. The Bertz CT molecular complexity index is 848. The molecule has 108 valence electrons. The number of anilines is 1. The van der Waals surface area contributed by atoms with E-state index in [4.69, 9.17) is 22.1 Å². The van der Waals surface area contributed by atoms with Crippen molar-refractivity contribution in [2.45, 2.75) is 0 Å². The molecule has 21 heavy (non-hydrogen) atoms. The van der Waals surface area contributed by atoms with E-state index < -0.39 is 0 Å². The molecule has 0 spiro atoms. The van der Waals surface area contributed by atoms with Gasteiger partial charge in [0.2, 0.25) is 5.95 Å². The first-order chi connectivity index (χ1) is 10.0. The van der Waals surface area contributed by atoms with Crippen molar-refractivity contribution < 1.29 is 4.74 Å². The molecule has 2 aromatic carbocycles. The fraction of sp³-hybridized carbons (Fsp3) is 0.0714. The highest BCUT2D eigenvalue weighted by atomic mass is 79.9. The van der Waals surface area contributed by atoms with Gasteiger partial charge in [0.1, 0.15) is 5.75 Å². The van der Waals surface area contributed by atoms with Gasteiger partial charge in [0.25, 0.3) is 0 Å². The minimum absolute atomic E-state index is 0.364. The molecule has 0 radical (unpaired) electrons. The number of rotatable bonds is 2. The van der Waals surface area contributed by atoms with E-state index in [2.05, 4.69) is 36.8 Å². The molecule has 3 rings (SSSR count). The summed E-state index contributed by atoms with van der Waals surface area (Å²) in [6, 6.07) is 9.30. The molecule has 0 bridgehead atoms. The topological polar surface area (TPSA) is 53.1 Å². The second kappa shape index (κ2) is 5.51. The van der Waals surface area contributed by atoms with Gasteiger partial charge in [0.05, 0.1) is 33.3 Å². The first-order valence-electron chi connectivity index (χ1n) is 5.98. The zero-order chi connectivity index (χ0) is 15.1. The molecule has 0 saturated carbocycles. The van der Waals surface area contributed by atoms with Crippen molar-refractivity contribution in [2.24, 2.45) is 0 Å². The fourth-order valence-corrected chi connectivity index (χ4v) is 3.78. The van der Waals surface area contributed by atoms with Crippen molar-refractivity contribution in [3.05, 3.63) is 44.3 Å². The molecule has 0 fully saturated rings. The number of imidazole rings is 1. The number of methoxy groups -OCH3 is 1. The number of aromatic nitrogens is 2. The Kier molecular flexibility index (Phi) is 3.86. The van der Waals surface area contributed by atoms with Gasteiger partial charge in [-0.05, 0) is 50.1 Å². The number of nitrogens with zero attached hydrogens (tertiary/aromatic N) is 2. The van der Waals surface area contributed by atoms with Crippen molar-refractivity contribution in [3.63, 3.8) is 0 Å². The molecule has 3 aromatic rings. The fourth-order valence-electron chi connectivity index (χ4n) is 2.19. The molecular weight excluding hydrogens is 421 g/mol. The summed E-state index contributed by atoms with van der Waals surface area (Å²) in [5.74, 6) is 1.06. The number of benzene rings is 2. The third-order valence-electron chi connectivity index (χ3n) is 3.12. The molecule has 0 aliphatic rings. The average Bonchev–Trinajstić information content (AvgIpc) is 2.77. The van der Waals surface area contributed by atoms with E-state index in [0.717, 1.165) is 25.7 Å². The highest BCUT2D eigenvalue weighted by Gasteiger charge is 2.17. The zero-order valence-corrected chi connectivity index (χ0v) is 14.8. The van der Waals surface area contributed by atoms with Crippen LogP contribution in [-0.4, -0.2) is 16.7 Å². The van der Waals surface area contributed by atoms with Gasteiger partial charge in [0, 0.05) is 10.5 Å². The summed E-state index contributed by atoms with van der Waals surface area (Å²) in [6.45, 7) is 0. The van der Waals surface area contributed by atoms with Crippen LogP contribution in [-0.2, 0) is 0 Å². The number of halogens is 3. The van der Waals surface area contributed by atoms with Crippen molar-refractivity contribution >= 4 is 60.4 Å². The second-order valence-corrected chi connectivity index (χ2v) is 6.47. The lowest BCUT2D eigenvalue weighted by Crippen LogP contribution is -2.02. The molecule has 0 atom stereocenters. The Labute approximate surface area is 143 Å². The molecule has 4 nitrogen and oxygen atoms in total. The van der Waals surface area contributed by atoms with Gasteiger partial charge in [-0.1, -0.05) is 17.7 Å². The largest absolute Gasteiger partial charge is 0.495 e. The van der Waals surface area contributed by atoms with Crippen LogP contribution in [0.3, 0.4) is 0 Å². The predicted molar refractivity (Wildman–Crippen MR) is 92.4 cm³/mol. The summed E-state index contributed by atoms with van der Waals surface area (Å²) in [7, 11) is 1.61. The summed E-state index contributed by atoms with van der Waals surface area (Å²) in [5, 5.41) is 0.588. The van der Waals surface area contributed by atoms with Gasteiger partial charge in [-0.25, -0.2) is 4.98 Å². The van der Waals surface area contributed by atoms with Crippen LogP contribution >= 0.6 is 43.5 Å². The minimum Gasteiger partial charge on any atom is -0.495 e. The van der Waals surface area contributed by atoms with Crippen LogP contribution in [0.5, 0.6) is 5.75 Å². The maximum Gasteiger partial charge on any atom is 0.206 e. The highest BCUT2D eigenvalue weighted by molar-refractivity contribution is 9.11. The first kappa shape index (κ1) is 14.7. The second-order valence-electron chi connectivity index (χ2n) is 4.35. The van der Waals surface area contributed by atoms with E-state index in [1.54, 1.807) is 11.7 Å². The van der Waals surface area contributed by atoms with Crippen LogP contribution in [0.2, 0.25) is 5.02 Å². The summed E-state index contributed by atoms with van der Waals surface area (Å²) in [6.07, 6.45) is 0. The number of para-hydroxylation sites is 1. The van der Waals surface area contributed by atoms with Gasteiger partial charge in [-0.2, -0.15) is 0 Å². The van der Waals surface area contributed by atoms with Gasteiger partial charge < -0.3 is 10.5 Å². The van der Waals surface area contributed by atoms with Crippen molar-refractivity contribution in [1.82, 2.24) is 9.55 Å². The molecule has 1 aromatic heterocycles.